The van der Waals surface area contributed by atoms with Gasteiger partial charge in [-0.15, -0.1) is 0 Å². The van der Waals surface area contributed by atoms with Crippen molar-refractivity contribution >= 4 is 10.0 Å². The van der Waals surface area contributed by atoms with Gasteiger partial charge >= 0.3 is 0 Å². The fourth-order valence-electron chi connectivity index (χ4n) is 2.06. The van der Waals surface area contributed by atoms with E-state index in [1.54, 1.807) is 0 Å². The van der Waals surface area contributed by atoms with Crippen molar-refractivity contribution < 1.29 is 13.2 Å². The molecule has 1 fully saturated rings. The Hall–Kier alpha value is -0.210. The highest BCUT2D eigenvalue weighted by Gasteiger charge is 2.12. The summed E-state index contributed by atoms with van der Waals surface area (Å²) in [5.74, 6) is 0.218. The minimum Gasteiger partial charge on any atom is -0.379 e. The Balaban J connectivity index is 2.05. The van der Waals surface area contributed by atoms with Crippen molar-refractivity contribution in [2.45, 2.75) is 32.7 Å². The molecule has 120 valence electrons. The van der Waals surface area contributed by atoms with E-state index in [1.807, 2.05) is 0 Å². The molecule has 0 aliphatic carbocycles. The van der Waals surface area contributed by atoms with Crippen LogP contribution in [0.5, 0.6) is 0 Å². The van der Waals surface area contributed by atoms with Gasteiger partial charge in [-0.25, -0.2) is 13.1 Å². The summed E-state index contributed by atoms with van der Waals surface area (Å²) in [6, 6.07) is 0.457. The molecule has 1 aliphatic heterocycles. The fraction of sp³-hybridized carbons (Fsp3) is 1.00. The van der Waals surface area contributed by atoms with Crippen molar-refractivity contribution in [3.05, 3.63) is 0 Å². The third-order valence-electron chi connectivity index (χ3n) is 3.25. The number of unbranched alkanes of at least 4 members (excludes halogenated alkanes) is 1. The number of hydrogen-bond acceptors (Lipinski definition) is 5. The zero-order valence-corrected chi connectivity index (χ0v) is 13.5. The van der Waals surface area contributed by atoms with Crippen molar-refractivity contribution in [3.8, 4) is 0 Å². The molecule has 20 heavy (non-hydrogen) atoms. The van der Waals surface area contributed by atoms with Gasteiger partial charge in [0.1, 0.15) is 0 Å². The smallest absolute Gasteiger partial charge is 0.211 e. The van der Waals surface area contributed by atoms with Crippen LogP contribution in [0.3, 0.4) is 0 Å². The van der Waals surface area contributed by atoms with E-state index in [0.717, 1.165) is 45.8 Å². The molecule has 0 radical (unpaired) electrons. The van der Waals surface area contributed by atoms with Gasteiger partial charge in [-0.05, 0) is 19.4 Å². The molecule has 1 rings (SSSR count). The molecule has 0 aromatic heterocycles. The van der Waals surface area contributed by atoms with Crippen molar-refractivity contribution in [2.75, 3.05) is 51.7 Å². The summed E-state index contributed by atoms with van der Waals surface area (Å²) in [6.45, 7) is 9.58. The molecule has 0 bridgehead atoms. The average molecular weight is 307 g/mol. The van der Waals surface area contributed by atoms with E-state index in [1.165, 1.54) is 0 Å². The molecule has 7 heteroatoms. The molecular formula is C13H29N3O3S. The van der Waals surface area contributed by atoms with Gasteiger partial charge in [-0.1, -0.05) is 13.8 Å². The van der Waals surface area contributed by atoms with Crippen molar-refractivity contribution in [1.82, 2.24) is 14.9 Å². The molecule has 0 saturated carbocycles. The molecule has 1 aliphatic rings. The first kappa shape index (κ1) is 17.8. The molecule has 0 atom stereocenters. The summed E-state index contributed by atoms with van der Waals surface area (Å²) < 4.78 is 31.5. The number of ether oxygens (including phenoxy) is 1. The minimum absolute atomic E-state index is 0.218. The monoisotopic (exact) mass is 307 g/mol. The highest BCUT2D eigenvalue weighted by molar-refractivity contribution is 7.89. The van der Waals surface area contributed by atoms with Crippen LogP contribution in [0.4, 0.5) is 0 Å². The van der Waals surface area contributed by atoms with E-state index in [0.29, 0.717) is 19.0 Å². The number of morpholine rings is 1. The zero-order valence-electron chi connectivity index (χ0n) is 12.7. The molecule has 1 saturated heterocycles. The SMILES string of the molecule is CC(C)NCCCCS(=O)(=O)NCCN1CCOCC1. The Labute approximate surface area is 123 Å². The molecule has 0 unspecified atom stereocenters. The van der Waals surface area contributed by atoms with Gasteiger partial charge in [0.2, 0.25) is 10.0 Å². The summed E-state index contributed by atoms with van der Waals surface area (Å²) >= 11 is 0. The number of rotatable bonds is 10. The van der Waals surface area contributed by atoms with Crippen molar-refractivity contribution in [1.29, 1.82) is 0 Å². The molecular weight excluding hydrogens is 278 g/mol. The molecule has 0 aromatic carbocycles. The van der Waals surface area contributed by atoms with Gasteiger partial charge in [0.25, 0.3) is 0 Å². The zero-order chi connectivity index (χ0) is 14.8. The fourth-order valence-corrected chi connectivity index (χ4v) is 3.19. The van der Waals surface area contributed by atoms with Gasteiger partial charge in [0.05, 0.1) is 19.0 Å². The highest BCUT2D eigenvalue weighted by atomic mass is 32.2. The summed E-state index contributed by atoms with van der Waals surface area (Å²) in [4.78, 5) is 2.22. The third kappa shape index (κ3) is 8.86. The Morgan fingerprint density at radius 1 is 1.15 bits per heavy atom. The summed E-state index contributed by atoms with van der Waals surface area (Å²) in [6.07, 6.45) is 1.59. The van der Waals surface area contributed by atoms with Gasteiger partial charge in [-0.2, -0.15) is 0 Å². The highest BCUT2D eigenvalue weighted by Crippen LogP contribution is 1.97. The Morgan fingerprint density at radius 2 is 1.85 bits per heavy atom. The average Bonchev–Trinajstić information content (AvgIpc) is 2.39. The van der Waals surface area contributed by atoms with E-state index in [4.69, 9.17) is 4.74 Å². The van der Waals surface area contributed by atoms with E-state index < -0.39 is 10.0 Å². The molecule has 6 nitrogen and oxygen atoms in total. The van der Waals surface area contributed by atoms with Crippen LogP contribution in [-0.2, 0) is 14.8 Å². The summed E-state index contributed by atoms with van der Waals surface area (Å²) in [5, 5.41) is 3.28. The molecule has 0 aromatic rings. The summed E-state index contributed by atoms with van der Waals surface area (Å²) in [5.41, 5.74) is 0. The number of nitrogens with zero attached hydrogens (tertiary/aromatic N) is 1. The number of nitrogens with one attached hydrogen (secondary N) is 2. The molecule has 2 N–H and O–H groups in total. The second-order valence-corrected chi connectivity index (χ2v) is 7.41. The molecule has 1 heterocycles. The first-order valence-corrected chi connectivity index (χ1v) is 9.15. The Morgan fingerprint density at radius 3 is 2.50 bits per heavy atom. The number of sulfonamides is 1. The van der Waals surface area contributed by atoms with E-state index in [2.05, 4.69) is 28.8 Å². The predicted octanol–water partition coefficient (Wildman–Crippen LogP) is 0.0162. The lowest BCUT2D eigenvalue weighted by atomic mass is 10.3. The van der Waals surface area contributed by atoms with Crippen LogP contribution < -0.4 is 10.0 Å². The lowest BCUT2D eigenvalue weighted by molar-refractivity contribution is 0.0390. The second-order valence-electron chi connectivity index (χ2n) is 5.48. The predicted molar refractivity (Wildman–Crippen MR) is 81.4 cm³/mol. The van der Waals surface area contributed by atoms with Crippen LogP contribution in [-0.4, -0.2) is 71.0 Å². The third-order valence-corrected chi connectivity index (χ3v) is 4.72. The van der Waals surface area contributed by atoms with Crippen LogP contribution in [0.15, 0.2) is 0 Å². The standard InChI is InChI=1S/C13H29N3O3S/c1-13(2)14-5-3-4-12-20(17,18)15-6-7-16-8-10-19-11-9-16/h13-15H,3-12H2,1-2H3. The van der Waals surface area contributed by atoms with E-state index >= 15 is 0 Å². The van der Waals surface area contributed by atoms with Crippen LogP contribution in [0, 0.1) is 0 Å². The number of hydrogen-bond donors (Lipinski definition) is 2. The first-order valence-electron chi connectivity index (χ1n) is 7.50. The normalized spacial score (nSPS) is 17.8. The quantitative estimate of drug-likeness (QED) is 0.557. The second kappa shape index (κ2) is 9.68. The van der Waals surface area contributed by atoms with E-state index in [9.17, 15) is 8.42 Å². The van der Waals surface area contributed by atoms with Gasteiger partial charge < -0.3 is 10.1 Å². The van der Waals surface area contributed by atoms with Crippen LogP contribution in [0.25, 0.3) is 0 Å². The lowest BCUT2D eigenvalue weighted by Crippen LogP contribution is -2.41. The van der Waals surface area contributed by atoms with Crippen LogP contribution in [0.1, 0.15) is 26.7 Å². The van der Waals surface area contributed by atoms with Crippen LogP contribution in [0.2, 0.25) is 0 Å². The maximum atomic E-state index is 11.8. The van der Waals surface area contributed by atoms with Gasteiger partial charge in [-0.3, -0.25) is 4.90 Å². The first-order chi connectivity index (χ1) is 9.49. The Kier molecular flexibility index (Phi) is 8.63. The molecule has 0 amide bonds. The lowest BCUT2D eigenvalue weighted by Gasteiger charge is -2.26. The van der Waals surface area contributed by atoms with Crippen molar-refractivity contribution in [2.24, 2.45) is 0 Å². The van der Waals surface area contributed by atoms with Crippen LogP contribution >= 0.6 is 0 Å². The van der Waals surface area contributed by atoms with Gasteiger partial charge in [0, 0.05) is 32.2 Å². The molecule has 0 spiro atoms. The topological polar surface area (TPSA) is 70.7 Å². The maximum Gasteiger partial charge on any atom is 0.211 e. The largest absolute Gasteiger partial charge is 0.379 e. The summed E-state index contributed by atoms with van der Waals surface area (Å²) in [7, 11) is -3.12. The maximum absolute atomic E-state index is 11.8. The van der Waals surface area contributed by atoms with Crippen molar-refractivity contribution in [3.63, 3.8) is 0 Å². The van der Waals surface area contributed by atoms with Gasteiger partial charge in [0.15, 0.2) is 0 Å². The Bertz CT molecular complexity index is 341. The minimum atomic E-state index is -3.12. The van der Waals surface area contributed by atoms with E-state index in [-0.39, 0.29) is 5.75 Å².